The van der Waals surface area contributed by atoms with Crippen molar-refractivity contribution in [2.75, 3.05) is 19.8 Å². The highest BCUT2D eigenvalue weighted by Crippen LogP contribution is 2.76. The number of rotatable bonds is 11. The summed E-state index contributed by atoms with van der Waals surface area (Å²) in [6, 6.07) is 0. The minimum atomic E-state index is -1.30. The van der Waals surface area contributed by atoms with E-state index >= 15 is 0 Å². The molecule has 9 heteroatoms. The molecular formula is C49H81N2O7+. The SMILES string of the molecule is CC1CCOC(C2OC2C(C)(O)C(C)(CO)CCC2CC[NH2+]C(N)C2)(C2CC3CCC4=C5C(C(CCC6CCCCC6)CC2(C)C53O)C2(C)CCC(O)CC2C4=O)C1. The van der Waals surface area contributed by atoms with Gasteiger partial charge in [0.05, 0.1) is 30.5 Å². The van der Waals surface area contributed by atoms with Crippen LogP contribution in [0.4, 0.5) is 0 Å². The number of hydrogen-bond acceptors (Lipinski definition) is 8. The second-order valence-corrected chi connectivity index (χ2v) is 23.3. The Hall–Kier alpha value is -0.910. The molecule has 0 radical (unpaired) electrons. The third-order valence-electron chi connectivity index (χ3n) is 20.1. The number of hydrogen-bond donors (Lipinski definition) is 6. The Labute approximate surface area is 349 Å². The first-order valence-corrected chi connectivity index (χ1v) is 24.4. The summed E-state index contributed by atoms with van der Waals surface area (Å²) < 4.78 is 14.1. The molecule has 0 aromatic rings. The van der Waals surface area contributed by atoms with Crippen LogP contribution in [-0.2, 0) is 14.3 Å². The molecule has 328 valence electrons. The summed E-state index contributed by atoms with van der Waals surface area (Å²) in [5.74, 6) is 2.18. The fourth-order valence-corrected chi connectivity index (χ4v) is 16.4. The number of aliphatic hydroxyl groups is 4. The van der Waals surface area contributed by atoms with E-state index in [4.69, 9.17) is 15.2 Å². The number of aliphatic hydroxyl groups excluding tert-OH is 2. The molecular weight excluding hydrogens is 729 g/mol. The highest BCUT2D eigenvalue weighted by Gasteiger charge is 2.79. The van der Waals surface area contributed by atoms with Gasteiger partial charge in [-0.1, -0.05) is 66.2 Å². The second kappa shape index (κ2) is 15.1. The monoisotopic (exact) mass is 810 g/mol. The van der Waals surface area contributed by atoms with Crippen molar-refractivity contribution in [1.29, 1.82) is 0 Å². The van der Waals surface area contributed by atoms with Gasteiger partial charge in [0, 0.05) is 29.8 Å². The van der Waals surface area contributed by atoms with Crippen LogP contribution in [0.1, 0.15) is 163 Å². The van der Waals surface area contributed by atoms with Crippen molar-refractivity contribution < 1.29 is 40.0 Å². The lowest BCUT2D eigenvalue weighted by atomic mass is 9.40. The van der Waals surface area contributed by atoms with E-state index in [0.717, 1.165) is 101 Å². The third kappa shape index (κ3) is 6.37. The van der Waals surface area contributed by atoms with Crippen LogP contribution in [0.3, 0.4) is 0 Å². The number of ether oxygens (including phenoxy) is 2. The van der Waals surface area contributed by atoms with Crippen LogP contribution in [0.15, 0.2) is 11.1 Å². The molecule has 0 aromatic heterocycles. The van der Waals surface area contributed by atoms with Crippen molar-refractivity contribution in [3.8, 4) is 0 Å². The molecule has 17 atom stereocenters. The molecule has 0 aromatic carbocycles. The molecule has 7 fully saturated rings. The number of carbonyl (C=O) groups is 1. The van der Waals surface area contributed by atoms with E-state index in [-0.39, 0.29) is 53.7 Å². The average Bonchev–Trinajstić information content (AvgIpc) is 3.99. The number of quaternary nitrogens is 1. The van der Waals surface area contributed by atoms with Crippen LogP contribution in [0.25, 0.3) is 0 Å². The molecule has 6 aliphatic carbocycles. The standard InChI is InChI=1S/C49H80N2O7/c1-29-18-22-57-48(26-29,43-42(58-43)47(5,55)44(2,28-52)19-15-31-17-21-51-38(50)23-31)37-24-33-13-14-35-40-39(45(3)20-16-34(53)25-36(45)41(35)54)32(27-46(37,4)49(33,40)56)12-11-30-9-7-6-8-10-30/h29-34,36-39,42-43,51-53,55-56H,6-28,50H2,1-5H3/p+1. The molecule has 9 nitrogen and oxygen atoms in total. The van der Waals surface area contributed by atoms with Crippen LogP contribution in [0, 0.1) is 63.6 Å². The summed E-state index contributed by atoms with van der Waals surface area (Å²) in [5, 5.41) is 51.0. The number of epoxide rings is 1. The third-order valence-corrected chi connectivity index (χ3v) is 20.1. The Bertz CT molecular complexity index is 1600. The molecule has 3 aliphatic heterocycles. The quantitative estimate of drug-likeness (QED) is 0.140. The largest absolute Gasteiger partial charge is 0.396 e. The molecule has 3 heterocycles. The van der Waals surface area contributed by atoms with E-state index in [0.29, 0.717) is 37.2 Å². The molecule has 4 saturated carbocycles. The summed E-state index contributed by atoms with van der Waals surface area (Å²) in [7, 11) is 0. The van der Waals surface area contributed by atoms with E-state index in [1.54, 1.807) is 0 Å². The number of piperidine rings is 1. The van der Waals surface area contributed by atoms with Gasteiger partial charge in [0.25, 0.3) is 0 Å². The summed E-state index contributed by atoms with van der Waals surface area (Å²) in [6.07, 6.45) is 18.6. The van der Waals surface area contributed by atoms with E-state index in [2.05, 4.69) is 26.1 Å². The van der Waals surface area contributed by atoms with Gasteiger partial charge < -0.3 is 35.2 Å². The van der Waals surface area contributed by atoms with Gasteiger partial charge >= 0.3 is 0 Å². The van der Waals surface area contributed by atoms with Crippen molar-refractivity contribution >= 4 is 5.78 Å². The van der Waals surface area contributed by atoms with Gasteiger partial charge in [-0.25, -0.2) is 0 Å². The van der Waals surface area contributed by atoms with Gasteiger partial charge in [0.15, 0.2) is 5.78 Å². The molecule has 9 rings (SSSR count). The van der Waals surface area contributed by atoms with Gasteiger partial charge in [-0.05, 0) is 148 Å². The zero-order valence-corrected chi connectivity index (χ0v) is 36.9. The van der Waals surface area contributed by atoms with E-state index in [9.17, 15) is 25.2 Å². The summed E-state index contributed by atoms with van der Waals surface area (Å²) in [5.41, 5.74) is 3.67. The van der Waals surface area contributed by atoms with Crippen LogP contribution in [0.5, 0.6) is 0 Å². The van der Waals surface area contributed by atoms with Crippen molar-refractivity contribution in [3.63, 3.8) is 0 Å². The molecule has 58 heavy (non-hydrogen) atoms. The van der Waals surface area contributed by atoms with E-state index in [1.165, 1.54) is 38.5 Å². The maximum absolute atomic E-state index is 14.8. The Morgan fingerprint density at radius 2 is 1.72 bits per heavy atom. The predicted molar refractivity (Wildman–Crippen MR) is 223 cm³/mol. The first kappa shape index (κ1) is 42.4. The maximum Gasteiger partial charge on any atom is 0.162 e. The van der Waals surface area contributed by atoms with Gasteiger partial charge in [-0.15, -0.1) is 0 Å². The van der Waals surface area contributed by atoms with E-state index < -0.39 is 39.8 Å². The lowest BCUT2D eigenvalue weighted by Crippen LogP contribution is -2.94. The van der Waals surface area contributed by atoms with Crippen LogP contribution < -0.4 is 11.1 Å². The molecule has 0 spiro atoms. The summed E-state index contributed by atoms with van der Waals surface area (Å²) in [4.78, 5) is 14.8. The lowest BCUT2D eigenvalue weighted by molar-refractivity contribution is -0.699. The second-order valence-electron chi connectivity index (χ2n) is 23.3. The number of Topliss-reactive ketones (excluding diaryl/α,β-unsaturated/α-hetero) is 1. The minimum Gasteiger partial charge on any atom is -0.396 e. The number of carbonyl (C=O) groups excluding carboxylic acids is 1. The van der Waals surface area contributed by atoms with Gasteiger partial charge in [-0.2, -0.15) is 0 Å². The number of ketones is 1. The first-order chi connectivity index (χ1) is 27.5. The first-order valence-electron chi connectivity index (χ1n) is 24.4. The smallest absolute Gasteiger partial charge is 0.162 e. The fraction of sp³-hybridized carbons (Fsp3) is 0.939. The van der Waals surface area contributed by atoms with E-state index in [1.807, 2.05) is 13.8 Å². The molecule has 8 N–H and O–H groups in total. The number of fused-ring (bicyclic) bond motifs is 2. The minimum absolute atomic E-state index is 0.0114. The molecule has 0 amide bonds. The molecule has 17 unspecified atom stereocenters. The molecule has 9 aliphatic rings. The highest BCUT2D eigenvalue weighted by molar-refractivity contribution is 6.00. The van der Waals surface area contributed by atoms with Crippen LogP contribution in [0.2, 0.25) is 0 Å². The van der Waals surface area contributed by atoms with Crippen molar-refractivity contribution in [1.82, 2.24) is 0 Å². The Morgan fingerprint density at radius 3 is 2.45 bits per heavy atom. The van der Waals surface area contributed by atoms with Gasteiger partial charge in [0.1, 0.15) is 24.0 Å². The van der Waals surface area contributed by atoms with Crippen LogP contribution >= 0.6 is 0 Å². The average molecular weight is 810 g/mol. The Balaban J connectivity index is 1.09. The van der Waals surface area contributed by atoms with Gasteiger partial charge in [-0.3, -0.25) is 10.5 Å². The fourth-order valence-electron chi connectivity index (χ4n) is 16.4. The lowest BCUT2D eigenvalue weighted by Gasteiger charge is -2.66. The molecule has 0 bridgehead atoms. The normalized spacial score (nSPS) is 50.1. The molecule has 3 saturated heterocycles. The number of nitrogens with two attached hydrogens (primary N) is 2. The summed E-state index contributed by atoms with van der Waals surface area (Å²) in [6.45, 7) is 12.5. The van der Waals surface area contributed by atoms with Crippen molar-refractivity contribution in [2.24, 2.45) is 69.3 Å². The Kier molecular flexibility index (Phi) is 11.1. The maximum atomic E-state index is 14.8. The van der Waals surface area contributed by atoms with Crippen LogP contribution in [-0.4, -0.2) is 87.2 Å². The topological polar surface area (TPSA) is 162 Å². The Morgan fingerprint density at radius 1 is 0.948 bits per heavy atom. The highest BCUT2D eigenvalue weighted by atomic mass is 16.6. The zero-order chi connectivity index (χ0) is 41.0. The van der Waals surface area contributed by atoms with Crippen molar-refractivity contribution in [2.45, 2.75) is 204 Å². The predicted octanol–water partition coefficient (Wildman–Crippen LogP) is 5.94. The summed E-state index contributed by atoms with van der Waals surface area (Å²) >= 11 is 0. The number of allylic oxidation sites excluding steroid dienone is 1. The zero-order valence-electron chi connectivity index (χ0n) is 36.9. The van der Waals surface area contributed by atoms with Crippen molar-refractivity contribution in [3.05, 3.63) is 11.1 Å². The van der Waals surface area contributed by atoms with Gasteiger partial charge in [0.2, 0.25) is 0 Å².